The first-order valence-corrected chi connectivity index (χ1v) is 41.8. The molecule has 0 bridgehead atoms. The van der Waals surface area contributed by atoms with Crippen LogP contribution in [0.4, 0.5) is 0 Å². The van der Waals surface area contributed by atoms with E-state index in [0.717, 1.165) is 167 Å². The highest BCUT2D eigenvalue weighted by Gasteiger charge is 2.30. The molecule has 0 saturated heterocycles. The molecule has 19 heteroatoms. The van der Waals surface area contributed by atoms with Crippen LogP contribution in [-0.4, -0.2) is 96.7 Å². The zero-order valence-electron chi connectivity index (χ0n) is 62.0. The summed E-state index contributed by atoms with van der Waals surface area (Å²) in [6.07, 6.45) is 72.8. The molecule has 0 fully saturated rings. The fourth-order valence-electron chi connectivity index (χ4n) is 10.5. The van der Waals surface area contributed by atoms with Gasteiger partial charge in [0.05, 0.1) is 26.4 Å². The van der Waals surface area contributed by atoms with E-state index in [9.17, 15) is 43.2 Å². The molecule has 0 saturated carbocycles. The molecule has 0 aromatic rings. The monoisotopic (exact) mass is 1420 g/mol. The zero-order valence-corrected chi connectivity index (χ0v) is 63.7. The summed E-state index contributed by atoms with van der Waals surface area (Å²) in [6.45, 7) is 4.65. The lowest BCUT2D eigenvalue weighted by Crippen LogP contribution is -2.30. The van der Waals surface area contributed by atoms with Gasteiger partial charge in [0.15, 0.2) is 12.2 Å². The van der Waals surface area contributed by atoms with Crippen LogP contribution in [0.5, 0.6) is 0 Å². The molecule has 0 heterocycles. The minimum Gasteiger partial charge on any atom is -0.462 e. The highest BCUT2D eigenvalue weighted by atomic mass is 31.2. The summed E-state index contributed by atoms with van der Waals surface area (Å²) in [7, 11) is -9.94. The second-order valence-electron chi connectivity index (χ2n) is 25.9. The molecule has 17 nitrogen and oxygen atoms in total. The zero-order chi connectivity index (χ0) is 71.8. The molecular weight excluding hydrogens is 1280 g/mol. The van der Waals surface area contributed by atoms with E-state index in [0.29, 0.717) is 25.7 Å². The summed E-state index contributed by atoms with van der Waals surface area (Å²) in [5.74, 6) is -2.18. The Hall–Kier alpha value is -3.76. The van der Waals surface area contributed by atoms with Crippen molar-refractivity contribution in [1.82, 2.24) is 0 Å². The van der Waals surface area contributed by atoms with Crippen LogP contribution in [0.25, 0.3) is 0 Å². The van der Waals surface area contributed by atoms with E-state index in [1.807, 2.05) is 0 Å². The molecular formula is C79H140O17P2. The fraction of sp³-hybridized carbons (Fsp3) is 0.772. The molecule has 568 valence electrons. The molecule has 3 N–H and O–H groups in total. The topological polar surface area (TPSA) is 237 Å². The van der Waals surface area contributed by atoms with E-state index in [4.69, 9.17) is 37.0 Å². The Bertz CT molecular complexity index is 2190. The van der Waals surface area contributed by atoms with Gasteiger partial charge < -0.3 is 33.8 Å². The van der Waals surface area contributed by atoms with Crippen LogP contribution in [-0.2, 0) is 65.4 Å². The van der Waals surface area contributed by atoms with Crippen molar-refractivity contribution in [3.05, 3.63) is 85.1 Å². The highest BCUT2D eigenvalue weighted by molar-refractivity contribution is 7.47. The van der Waals surface area contributed by atoms with Crippen molar-refractivity contribution < 1.29 is 80.2 Å². The summed E-state index contributed by atoms with van der Waals surface area (Å²) in [5, 5.41) is 10.6. The van der Waals surface area contributed by atoms with E-state index in [2.05, 4.69) is 113 Å². The van der Waals surface area contributed by atoms with Crippen LogP contribution in [0.2, 0.25) is 0 Å². The predicted octanol–water partition coefficient (Wildman–Crippen LogP) is 22.2. The smallest absolute Gasteiger partial charge is 0.462 e. The van der Waals surface area contributed by atoms with Crippen LogP contribution in [0.15, 0.2) is 85.1 Å². The third kappa shape index (κ3) is 70.7. The Morgan fingerprint density at radius 2 is 0.531 bits per heavy atom. The molecule has 0 aromatic carbocycles. The third-order valence-electron chi connectivity index (χ3n) is 16.4. The van der Waals surface area contributed by atoms with Gasteiger partial charge in [0.1, 0.15) is 19.3 Å². The number of carbonyl (C=O) groups excluding carboxylic acids is 4. The summed E-state index contributed by atoms with van der Waals surface area (Å²) < 4.78 is 68.5. The second kappa shape index (κ2) is 71.6. The number of carbonyl (C=O) groups is 4. The number of allylic oxidation sites excluding steroid dienone is 14. The first-order valence-electron chi connectivity index (χ1n) is 38.8. The Labute approximate surface area is 595 Å². The van der Waals surface area contributed by atoms with Crippen molar-refractivity contribution in [1.29, 1.82) is 0 Å². The molecule has 5 atom stereocenters. The second-order valence-corrected chi connectivity index (χ2v) is 28.8. The van der Waals surface area contributed by atoms with Gasteiger partial charge in [-0.3, -0.25) is 37.3 Å². The van der Waals surface area contributed by atoms with Crippen LogP contribution in [0, 0.1) is 0 Å². The summed E-state index contributed by atoms with van der Waals surface area (Å²) in [6, 6.07) is 0. The number of ether oxygens (including phenoxy) is 4. The molecule has 0 rings (SSSR count). The van der Waals surface area contributed by atoms with Crippen molar-refractivity contribution in [3.8, 4) is 0 Å². The number of unbranched alkanes of at least 4 members (excludes halogenated alkanes) is 33. The lowest BCUT2D eigenvalue weighted by atomic mass is 10.0. The van der Waals surface area contributed by atoms with E-state index < -0.39 is 97.5 Å². The van der Waals surface area contributed by atoms with E-state index in [1.165, 1.54) is 89.9 Å². The van der Waals surface area contributed by atoms with Crippen LogP contribution >= 0.6 is 15.6 Å². The normalized spacial score (nSPS) is 14.4. The minimum atomic E-state index is -4.97. The van der Waals surface area contributed by atoms with E-state index >= 15 is 0 Å². The van der Waals surface area contributed by atoms with Gasteiger partial charge in [0.25, 0.3) is 0 Å². The number of phosphoric ester groups is 2. The number of aliphatic hydroxyl groups is 1. The summed E-state index contributed by atoms with van der Waals surface area (Å²) in [5.41, 5.74) is 0. The Morgan fingerprint density at radius 3 is 0.816 bits per heavy atom. The number of aliphatic hydroxyl groups excluding tert-OH is 1. The molecule has 0 aliphatic heterocycles. The van der Waals surface area contributed by atoms with Gasteiger partial charge in [-0.25, -0.2) is 9.13 Å². The van der Waals surface area contributed by atoms with Gasteiger partial charge >= 0.3 is 39.5 Å². The highest BCUT2D eigenvalue weighted by Crippen LogP contribution is 2.45. The standard InChI is InChI=1S/C79H140O17P2/c1-5-9-13-17-21-25-29-32-34-35-36-37-39-42-45-48-52-56-60-64-77(82)90-70-75(96-79(84)66-62-58-54-50-46-40-31-27-23-19-15-11-7-3)72-94-98(87,88)92-68-73(80)67-91-97(85,86)93-71-74(95-78(83)65-61-57-53-49-43-28-24-20-16-12-8-4)69-89-76(81)63-59-55-51-47-44-41-38-33-30-26-22-18-14-10-6-2/h9-10,13-14,21-22,25-26,32-34,36-38,73-75,80H,5-8,11-12,15-20,23-24,27-31,35,39-72H2,1-4H3,(H,85,86)(H,87,88)/b13-9-,14-10-,25-21-,26-22-,34-32-,37-36-,38-33-. The Balaban J connectivity index is 5.30. The molecule has 0 radical (unpaired) electrons. The number of rotatable bonds is 73. The predicted molar refractivity (Wildman–Crippen MR) is 399 cm³/mol. The summed E-state index contributed by atoms with van der Waals surface area (Å²) in [4.78, 5) is 72.8. The molecule has 0 aliphatic rings. The van der Waals surface area contributed by atoms with Gasteiger partial charge in [-0.1, -0.05) is 299 Å². The molecule has 0 amide bonds. The van der Waals surface area contributed by atoms with E-state index in [1.54, 1.807) is 0 Å². The number of phosphoric acid groups is 2. The van der Waals surface area contributed by atoms with Crippen molar-refractivity contribution in [2.75, 3.05) is 39.6 Å². The van der Waals surface area contributed by atoms with Gasteiger partial charge in [0.2, 0.25) is 0 Å². The van der Waals surface area contributed by atoms with Crippen LogP contribution < -0.4 is 0 Å². The van der Waals surface area contributed by atoms with Crippen molar-refractivity contribution in [2.45, 2.75) is 354 Å². The fourth-order valence-corrected chi connectivity index (χ4v) is 12.1. The lowest BCUT2D eigenvalue weighted by molar-refractivity contribution is -0.161. The van der Waals surface area contributed by atoms with Crippen molar-refractivity contribution in [3.63, 3.8) is 0 Å². The average Bonchev–Trinajstić information content (AvgIpc) is 0.972. The maximum Gasteiger partial charge on any atom is 0.472 e. The first-order chi connectivity index (χ1) is 47.7. The van der Waals surface area contributed by atoms with Gasteiger partial charge in [-0.05, 0) is 96.3 Å². The minimum absolute atomic E-state index is 0.0950. The maximum absolute atomic E-state index is 13.1. The molecule has 0 aromatic heterocycles. The quantitative estimate of drug-likeness (QED) is 0.0169. The number of hydrogen-bond acceptors (Lipinski definition) is 15. The van der Waals surface area contributed by atoms with Gasteiger partial charge in [-0.15, -0.1) is 0 Å². The van der Waals surface area contributed by atoms with Crippen molar-refractivity contribution in [2.24, 2.45) is 0 Å². The third-order valence-corrected chi connectivity index (χ3v) is 18.3. The maximum atomic E-state index is 13.1. The largest absolute Gasteiger partial charge is 0.472 e. The van der Waals surface area contributed by atoms with Gasteiger partial charge in [0, 0.05) is 25.7 Å². The first kappa shape index (κ1) is 94.2. The average molecular weight is 1420 g/mol. The number of hydrogen-bond donors (Lipinski definition) is 3. The number of esters is 4. The summed E-state index contributed by atoms with van der Waals surface area (Å²) >= 11 is 0. The van der Waals surface area contributed by atoms with Crippen LogP contribution in [0.1, 0.15) is 336 Å². The van der Waals surface area contributed by atoms with Crippen LogP contribution in [0.3, 0.4) is 0 Å². The molecule has 5 unspecified atom stereocenters. The van der Waals surface area contributed by atoms with Crippen molar-refractivity contribution >= 4 is 39.5 Å². The lowest BCUT2D eigenvalue weighted by Gasteiger charge is -2.21. The molecule has 0 aliphatic carbocycles. The Kier molecular flexibility index (Phi) is 68.9. The molecule has 98 heavy (non-hydrogen) atoms. The van der Waals surface area contributed by atoms with Gasteiger partial charge in [-0.2, -0.15) is 0 Å². The SMILES string of the molecule is CC/C=C\C/C=C\C/C=C\C/C=C\CCCCCCCCC(=O)OCC(COP(=O)(O)OCC(O)COP(=O)(O)OCC(COC(=O)CCCCCCC/C=C\C/C=C\C/C=C\CC)OC(=O)CCCCCCCCCCCCC)OC(=O)CCCCCCCCCCCCCCC. The molecule has 0 spiro atoms. The Morgan fingerprint density at radius 1 is 0.296 bits per heavy atom. The van der Waals surface area contributed by atoms with E-state index in [-0.39, 0.29) is 25.7 Å².